The minimum atomic E-state index is -0.891. The van der Waals surface area contributed by atoms with Crippen LogP contribution in [0.2, 0.25) is 0 Å². The van der Waals surface area contributed by atoms with Gasteiger partial charge in [0, 0.05) is 11.8 Å². The second-order valence-corrected chi connectivity index (χ2v) is 9.89. The van der Waals surface area contributed by atoms with Crippen LogP contribution in [0.15, 0.2) is 24.3 Å². The van der Waals surface area contributed by atoms with E-state index in [1.165, 1.54) is 0 Å². The maximum absolute atomic E-state index is 12.9. The van der Waals surface area contributed by atoms with E-state index in [4.69, 9.17) is 4.74 Å². The number of carbonyl (C=O) groups is 1. The highest BCUT2D eigenvalue weighted by Crippen LogP contribution is 2.78. The molecule has 4 bridgehead atoms. The van der Waals surface area contributed by atoms with Crippen LogP contribution in [0.1, 0.15) is 46.5 Å². The lowest BCUT2D eigenvalue weighted by molar-refractivity contribution is -0.160. The van der Waals surface area contributed by atoms with Gasteiger partial charge in [-0.2, -0.15) is 0 Å². The molecule has 0 aromatic rings. The second-order valence-electron chi connectivity index (χ2n) is 9.89. The minimum absolute atomic E-state index is 0.0363. The summed E-state index contributed by atoms with van der Waals surface area (Å²) in [6.07, 6.45) is 6.05. The lowest BCUT2D eigenvalue weighted by Crippen LogP contribution is -2.50. The fourth-order valence-electron chi connectivity index (χ4n) is 7.87. The molecule has 0 radical (unpaired) electrons. The predicted molar refractivity (Wildman–Crippen MR) is 92.4 cm³/mol. The molecule has 4 aliphatic carbocycles. The highest BCUT2D eigenvalue weighted by molar-refractivity contribution is 5.83. The van der Waals surface area contributed by atoms with E-state index in [2.05, 4.69) is 20.4 Å². The number of aliphatic hydroxyl groups excluding tert-OH is 1. The van der Waals surface area contributed by atoms with Crippen LogP contribution in [0.5, 0.6) is 0 Å². The zero-order valence-corrected chi connectivity index (χ0v) is 15.3. The molecular weight excluding hydrogens is 316 g/mol. The zero-order chi connectivity index (χ0) is 18.0. The summed E-state index contributed by atoms with van der Waals surface area (Å²) in [7, 11) is 0. The van der Waals surface area contributed by atoms with Gasteiger partial charge in [0.05, 0.1) is 11.7 Å². The van der Waals surface area contributed by atoms with Crippen molar-refractivity contribution >= 4 is 5.97 Å². The molecule has 0 aromatic carbocycles. The smallest absolute Gasteiger partial charge is 0.316 e. The summed E-state index contributed by atoms with van der Waals surface area (Å²) in [6, 6.07) is 0. The molecule has 8 atom stereocenters. The lowest BCUT2D eigenvalue weighted by Gasteiger charge is -2.46. The van der Waals surface area contributed by atoms with E-state index >= 15 is 0 Å². The van der Waals surface area contributed by atoms with E-state index in [1.807, 2.05) is 13.0 Å². The SMILES string of the molecule is C=C1C[C@]23CC1(O)CC[C@H]2[C@@]12C=C[C@H](O)[C@@](C)(C(=O)O1)C2C3C(C)C. The summed E-state index contributed by atoms with van der Waals surface area (Å²) >= 11 is 0. The first-order valence-corrected chi connectivity index (χ1v) is 9.63. The highest BCUT2D eigenvalue weighted by Gasteiger charge is 2.82. The van der Waals surface area contributed by atoms with Gasteiger partial charge in [-0.15, -0.1) is 0 Å². The third-order valence-corrected chi connectivity index (χ3v) is 8.64. The van der Waals surface area contributed by atoms with Crippen LogP contribution in [0, 0.1) is 34.5 Å². The zero-order valence-electron chi connectivity index (χ0n) is 15.3. The topological polar surface area (TPSA) is 66.8 Å². The van der Waals surface area contributed by atoms with Crippen molar-refractivity contribution in [3.8, 4) is 0 Å². The Morgan fingerprint density at radius 1 is 1.40 bits per heavy atom. The van der Waals surface area contributed by atoms with Crippen molar-refractivity contribution in [2.24, 2.45) is 34.5 Å². The molecule has 0 aromatic heterocycles. The molecular formula is C21H28O4. The number of hydrogen-bond donors (Lipinski definition) is 2. The van der Waals surface area contributed by atoms with Crippen molar-refractivity contribution in [3.05, 3.63) is 24.3 Å². The van der Waals surface area contributed by atoms with Gasteiger partial charge in [0.15, 0.2) is 0 Å². The van der Waals surface area contributed by atoms with Gasteiger partial charge in [0.25, 0.3) is 0 Å². The first-order valence-electron chi connectivity index (χ1n) is 9.63. The Hall–Kier alpha value is -1.13. The van der Waals surface area contributed by atoms with Crippen LogP contribution in [0.3, 0.4) is 0 Å². The number of carbonyl (C=O) groups excluding carboxylic acids is 1. The molecule has 4 fully saturated rings. The molecule has 5 rings (SSSR count). The van der Waals surface area contributed by atoms with Crippen molar-refractivity contribution in [3.63, 3.8) is 0 Å². The van der Waals surface area contributed by atoms with E-state index in [1.54, 1.807) is 6.08 Å². The van der Waals surface area contributed by atoms with Crippen LogP contribution in [0.25, 0.3) is 0 Å². The third kappa shape index (κ3) is 1.45. The summed E-state index contributed by atoms with van der Waals surface area (Å²) in [6.45, 7) is 10.5. The van der Waals surface area contributed by atoms with Crippen LogP contribution >= 0.6 is 0 Å². The fraction of sp³-hybridized carbons (Fsp3) is 0.762. The molecule has 3 saturated carbocycles. The summed E-state index contributed by atoms with van der Waals surface area (Å²) in [5, 5.41) is 21.8. The number of fused-ring (bicyclic) bond motifs is 1. The molecule has 4 nitrogen and oxygen atoms in total. The number of hydrogen-bond acceptors (Lipinski definition) is 4. The fourth-order valence-corrected chi connectivity index (χ4v) is 7.87. The van der Waals surface area contributed by atoms with Gasteiger partial charge >= 0.3 is 5.97 Å². The van der Waals surface area contributed by atoms with Crippen LogP contribution in [0.4, 0.5) is 0 Å². The Balaban J connectivity index is 1.77. The molecule has 5 aliphatic rings. The van der Waals surface area contributed by atoms with Gasteiger partial charge in [-0.1, -0.05) is 26.5 Å². The normalized spacial score (nSPS) is 58.5. The highest BCUT2D eigenvalue weighted by atomic mass is 16.6. The van der Waals surface area contributed by atoms with E-state index in [0.717, 1.165) is 24.8 Å². The molecule has 4 heteroatoms. The maximum Gasteiger partial charge on any atom is 0.316 e. The molecule has 0 amide bonds. The van der Waals surface area contributed by atoms with Crippen LogP contribution in [-0.4, -0.2) is 33.5 Å². The third-order valence-electron chi connectivity index (χ3n) is 8.64. The summed E-state index contributed by atoms with van der Waals surface area (Å²) < 4.78 is 6.14. The van der Waals surface area contributed by atoms with Gasteiger partial charge in [-0.3, -0.25) is 4.79 Å². The van der Waals surface area contributed by atoms with Crippen molar-refractivity contribution in [2.45, 2.75) is 63.8 Å². The Bertz CT molecular complexity index is 725. The Morgan fingerprint density at radius 3 is 2.80 bits per heavy atom. The molecule has 1 saturated heterocycles. The van der Waals surface area contributed by atoms with Gasteiger partial charge in [-0.05, 0) is 61.5 Å². The number of ether oxygens (including phenoxy) is 1. The Labute approximate surface area is 148 Å². The predicted octanol–water partition coefficient (Wildman–Crippen LogP) is 2.60. The molecule has 1 spiro atoms. The average Bonchev–Trinajstić information content (AvgIpc) is 2.95. The number of esters is 1. The van der Waals surface area contributed by atoms with E-state index in [-0.39, 0.29) is 29.1 Å². The lowest BCUT2D eigenvalue weighted by atomic mass is 9.58. The van der Waals surface area contributed by atoms with E-state index in [0.29, 0.717) is 12.3 Å². The summed E-state index contributed by atoms with van der Waals surface area (Å²) in [5.74, 6) is 0.472. The Kier molecular flexibility index (Phi) is 2.72. The summed E-state index contributed by atoms with van der Waals surface area (Å²) in [5.41, 5.74) is -1.41. The largest absolute Gasteiger partial charge is 0.454 e. The molecule has 3 unspecified atom stereocenters. The van der Waals surface area contributed by atoms with Crippen LogP contribution < -0.4 is 0 Å². The van der Waals surface area contributed by atoms with Gasteiger partial charge < -0.3 is 14.9 Å². The number of rotatable bonds is 1. The molecule has 1 aliphatic heterocycles. The first-order chi connectivity index (χ1) is 11.6. The van der Waals surface area contributed by atoms with Crippen molar-refractivity contribution in [1.29, 1.82) is 0 Å². The molecule has 2 N–H and O–H groups in total. The monoisotopic (exact) mass is 344 g/mol. The molecule has 25 heavy (non-hydrogen) atoms. The van der Waals surface area contributed by atoms with Crippen molar-refractivity contribution < 1.29 is 19.7 Å². The van der Waals surface area contributed by atoms with Crippen molar-refractivity contribution in [1.82, 2.24) is 0 Å². The molecule has 1 heterocycles. The van der Waals surface area contributed by atoms with Crippen LogP contribution in [-0.2, 0) is 9.53 Å². The van der Waals surface area contributed by atoms with E-state index in [9.17, 15) is 15.0 Å². The number of aliphatic hydroxyl groups is 2. The minimum Gasteiger partial charge on any atom is -0.454 e. The standard InChI is InChI=1S/C21H28O4/c1-11(2)15-16-18(4)14(22)6-8-21(16,25-17(18)23)13-5-7-20(24)10-19(13,15)9-12(20)3/h6,8,11,13-16,22,24H,3,5,7,9-10H2,1-2,4H3/t13-,14+,15?,16?,18-,19+,20?,21-/m1/s1. The van der Waals surface area contributed by atoms with Gasteiger partial charge in [0.1, 0.15) is 11.0 Å². The van der Waals surface area contributed by atoms with Gasteiger partial charge in [0.2, 0.25) is 0 Å². The van der Waals surface area contributed by atoms with Crippen molar-refractivity contribution in [2.75, 3.05) is 0 Å². The van der Waals surface area contributed by atoms with Gasteiger partial charge in [-0.25, -0.2) is 0 Å². The Morgan fingerprint density at radius 2 is 2.12 bits per heavy atom. The van der Waals surface area contributed by atoms with E-state index < -0.39 is 22.7 Å². The maximum atomic E-state index is 12.9. The summed E-state index contributed by atoms with van der Waals surface area (Å²) in [4.78, 5) is 12.9. The first kappa shape index (κ1) is 16.1. The molecule has 136 valence electrons. The second kappa shape index (κ2) is 4.23. The average molecular weight is 344 g/mol. The quantitative estimate of drug-likeness (QED) is 0.567.